The van der Waals surface area contributed by atoms with Gasteiger partial charge in [-0.25, -0.2) is 21.1 Å². The molecule has 0 aromatic heterocycles. The van der Waals surface area contributed by atoms with Crippen molar-refractivity contribution >= 4 is 47.6 Å². The molecule has 0 radical (unpaired) electrons. The van der Waals surface area contributed by atoms with E-state index in [0.29, 0.717) is 50.4 Å². The van der Waals surface area contributed by atoms with E-state index in [-0.39, 0.29) is 35.6 Å². The number of amides is 1. The molecule has 0 spiro atoms. The summed E-state index contributed by atoms with van der Waals surface area (Å²) in [6.07, 6.45) is 0.847. The highest BCUT2D eigenvalue weighted by Gasteiger charge is 2.31. The summed E-state index contributed by atoms with van der Waals surface area (Å²) in [5.41, 5.74) is 1.21. The molecule has 2 aromatic carbocycles. The first kappa shape index (κ1) is 26.2. The number of anilines is 1. The molecule has 0 atom stereocenters. The van der Waals surface area contributed by atoms with Crippen LogP contribution in [-0.2, 0) is 35.3 Å². The molecule has 0 unspecified atom stereocenters. The highest BCUT2D eigenvalue weighted by molar-refractivity contribution is 9.10. The van der Waals surface area contributed by atoms with Crippen LogP contribution in [0.15, 0.2) is 57.9 Å². The second kappa shape index (κ2) is 11.1. The van der Waals surface area contributed by atoms with Gasteiger partial charge in [0, 0.05) is 42.3 Å². The van der Waals surface area contributed by atoms with Crippen molar-refractivity contribution in [2.75, 3.05) is 44.7 Å². The smallest absolute Gasteiger partial charge is 0.243 e. The van der Waals surface area contributed by atoms with Crippen molar-refractivity contribution in [1.82, 2.24) is 8.61 Å². The zero-order valence-electron chi connectivity index (χ0n) is 19.1. The van der Waals surface area contributed by atoms with E-state index in [1.54, 1.807) is 30.3 Å². The SMILES string of the molecule is O=C(Nc1ccc(S(=O)(=O)N2CCOCC2)cc1)C1CCN(S(=O)(=O)Cc2cccc(Br)c2)CC1. The number of piperidine rings is 1. The van der Waals surface area contributed by atoms with E-state index in [2.05, 4.69) is 21.2 Å². The zero-order chi connectivity index (χ0) is 25.1. The Kier molecular flexibility index (Phi) is 8.29. The number of rotatable bonds is 7. The van der Waals surface area contributed by atoms with E-state index in [4.69, 9.17) is 4.74 Å². The van der Waals surface area contributed by atoms with Gasteiger partial charge in [-0.2, -0.15) is 4.31 Å². The monoisotopic (exact) mass is 585 g/mol. The fraction of sp³-hybridized carbons (Fsp3) is 0.435. The van der Waals surface area contributed by atoms with Gasteiger partial charge in [0.15, 0.2) is 0 Å². The van der Waals surface area contributed by atoms with Crippen molar-refractivity contribution in [3.05, 3.63) is 58.6 Å². The molecule has 2 aromatic rings. The Morgan fingerprint density at radius 1 is 0.943 bits per heavy atom. The van der Waals surface area contributed by atoms with Gasteiger partial charge in [0.05, 0.1) is 23.9 Å². The average molecular weight is 587 g/mol. The van der Waals surface area contributed by atoms with Gasteiger partial charge >= 0.3 is 0 Å². The molecule has 35 heavy (non-hydrogen) atoms. The number of hydrogen-bond acceptors (Lipinski definition) is 6. The molecule has 2 saturated heterocycles. The maximum absolute atomic E-state index is 12.8. The number of morpholine rings is 1. The maximum atomic E-state index is 12.8. The summed E-state index contributed by atoms with van der Waals surface area (Å²) in [6.45, 7) is 1.95. The van der Waals surface area contributed by atoms with Crippen LogP contribution in [0.4, 0.5) is 5.69 Å². The number of carbonyl (C=O) groups excluding carboxylic acids is 1. The summed E-state index contributed by atoms with van der Waals surface area (Å²) >= 11 is 3.36. The van der Waals surface area contributed by atoms with Crippen molar-refractivity contribution < 1.29 is 26.4 Å². The van der Waals surface area contributed by atoms with E-state index in [1.807, 2.05) is 6.07 Å². The Morgan fingerprint density at radius 2 is 1.60 bits per heavy atom. The first-order valence-electron chi connectivity index (χ1n) is 11.4. The lowest BCUT2D eigenvalue weighted by molar-refractivity contribution is -0.120. The molecule has 2 aliphatic heterocycles. The van der Waals surface area contributed by atoms with E-state index in [0.717, 1.165) is 4.47 Å². The summed E-state index contributed by atoms with van der Waals surface area (Å²) in [4.78, 5) is 12.9. The van der Waals surface area contributed by atoms with Gasteiger partial charge in [0.2, 0.25) is 26.0 Å². The van der Waals surface area contributed by atoms with Crippen LogP contribution in [0, 0.1) is 5.92 Å². The highest BCUT2D eigenvalue weighted by Crippen LogP contribution is 2.25. The number of benzene rings is 2. The van der Waals surface area contributed by atoms with Gasteiger partial charge in [-0.3, -0.25) is 4.79 Å². The predicted molar refractivity (Wildman–Crippen MR) is 136 cm³/mol. The number of sulfonamides is 2. The van der Waals surface area contributed by atoms with Crippen LogP contribution in [0.2, 0.25) is 0 Å². The number of nitrogens with zero attached hydrogens (tertiary/aromatic N) is 2. The lowest BCUT2D eigenvalue weighted by atomic mass is 9.97. The van der Waals surface area contributed by atoms with Gasteiger partial charge in [-0.05, 0) is 54.8 Å². The quantitative estimate of drug-likeness (QED) is 0.534. The molecule has 1 N–H and O–H groups in total. The molecule has 0 aliphatic carbocycles. The number of nitrogens with one attached hydrogen (secondary N) is 1. The van der Waals surface area contributed by atoms with Crippen LogP contribution in [0.3, 0.4) is 0 Å². The van der Waals surface area contributed by atoms with Crippen molar-refractivity contribution in [2.45, 2.75) is 23.5 Å². The minimum absolute atomic E-state index is 0.0803. The van der Waals surface area contributed by atoms with Crippen LogP contribution in [-0.4, -0.2) is 70.7 Å². The lowest BCUT2D eigenvalue weighted by Gasteiger charge is -2.30. The maximum Gasteiger partial charge on any atom is 0.243 e. The second-order valence-corrected chi connectivity index (χ2v) is 13.4. The molecule has 0 bridgehead atoms. The number of carbonyl (C=O) groups is 1. The van der Waals surface area contributed by atoms with Crippen molar-refractivity contribution in [2.24, 2.45) is 5.92 Å². The van der Waals surface area contributed by atoms with E-state index < -0.39 is 20.0 Å². The van der Waals surface area contributed by atoms with Crippen LogP contribution in [0.25, 0.3) is 0 Å². The van der Waals surface area contributed by atoms with Gasteiger partial charge in [0.25, 0.3) is 0 Å². The Bertz CT molecular complexity index is 1250. The summed E-state index contributed by atoms with van der Waals surface area (Å²) in [5.74, 6) is -0.592. The lowest BCUT2D eigenvalue weighted by Crippen LogP contribution is -2.41. The summed E-state index contributed by atoms with van der Waals surface area (Å²) in [7, 11) is -7.07. The predicted octanol–water partition coefficient (Wildman–Crippen LogP) is 2.65. The molecule has 1 amide bonds. The largest absolute Gasteiger partial charge is 0.379 e. The number of halogens is 1. The summed E-state index contributed by atoms with van der Waals surface area (Å²) < 4.78 is 60.0. The van der Waals surface area contributed by atoms with E-state index in [9.17, 15) is 21.6 Å². The molecule has 9 nitrogen and oxygen atoms in total. The molecule has 190 valence electrons. The molecule has 2 fully saturated rings. The zero-order valence-corrected chi connectivity index (χ0v) is 22.3. The summed E-state index contributed by atoms with van der Waals surface area (Å²) in [5, 5.41) is 2.83. The molecule has 2 aliphatic rings. The Hall–Kier alpha value is -1.83. The van der Waals surface area contributed by atoms with Crippen molar-refractivity contribution in [3.63, 3.8) is 0 Å². The normalized spacial score (nSPS) is 18.9. The van der Waals surface area contributed by atoms with Crippen LogP contribution < -0.4 is 5.32 Å². The first-order chi connectivity index (χ1) is 16.6. The van der Waals surface area contributed by atoms with Crippen LogP contribution in [0.5, 0.6) is 0 Å². The van der Waals surface area contributed by atoms with Crippen LogP contribution >= 0.6 is 15.9 Å². The second-order valence-electron chi connectivity index (χ2n) is 8.59. The van der Waals surface area contributed by atoms with Gasteiger partial charge in [0.1, 0.15) is 0 Å². The first-order valence-corrected chi connectivity index (χ1v) is 15.2. The third-order valence-electron chi connectivity index (χ3n) is 6.19. The molecular weight excluding hydrogens is 558 g/mol. The molecule has 4 rings (SSSR count). The van der Waals surface area contributed by atoms with Crippen LogP contribution in [0.1, 0.15) is 18.4 Å². The average Bonchev–Trinajstić information content (AvgIpc) is 2.85. The third kappa shape index (κ3) is 6.49. The standard InChI is InChI=1S/C23H28BrN3O6S2/c24-20-3-1-2-18(16-20)17-34(29,30)26-10-8-19(9-11-26)23(28)25-21-4-6-22(7-5-21)35(31,32)27-12-14-33-15-13-27/h1-7,16,19H,8-15,17H2,(H,25,28). The van der Waals surface area contributed by atoms with Gasteiger partial charge in [-0.15, -0.1) is 0 Å². The Morgan fingerprint density at radius 3 is 2.23 bits per heavy atom. The third-order valence-corrected chi connectivity index (χ3v) is 10.4. The Balaban J connectivity index is 1.31. The molecular formula is C23H28BrN3O6S2. The topological polar surface area (TPSA) is 113 Å². The van der Waals surface area contributed by atoms with Gasteiger partial charge in [-0.1, -0.05) is 28.1 Å². The van der Waals surface area contributed by atoms with E-state index in [1.165, 1.54) is 20.7 Å². The van der Waals surface area contributed by atoms with Crippen molar-refractivity contribution in [3.8, 4) is 0 Å². The number of ether oxygens (including phenoxy) is 1. The van der Waals surface area contributed by atoms with Crippen molar-refractivity contribution in [1.29, 1.82) is 0 Å². The number of hydrogen-bond donors (Lipinski definition) is 1. The minimum Gasteiger partial charge on any atom is -0.379 e. The minimum atomic E-state index is -3.60. The fourth-order valence-electron chi connectivity index (χ4n) is 4.22. The molecule has 12 heteroatoms. The molecule has 2 heterocycles. The summed E-state index contributed by atoms with van der Waals surface area (Å²) in [6, 6.07) is 13.3. The molecule has 0 saturated carbocycles. The highest BCUT2D eigenvalue weighted by atomic mass is 79.9. The fourth-order valence-corrected chi connectivity index (χ4v) is 7.62. The Labute approximate surface area is 214 Å². The van der Waals surface area contributed by atoms with Gasteiger partial charge < -0.3 is 10.1 Å². The van der Waals surface area contributed by atoms with E-state index >= 15 is 0 Å².